The lowest BCUT2D eigenvalue weighted by molar-refractivity contribution is 0.103. The summed E-state index contributed by atoms with van der Waals surface area (Å²) in [4.78, 5) is 15.7. The van der Waals surface area contributed by atoms with E-state index in [4.69, 9.17) is 4.74 Å². The lowest BCUT2D eigenvalue weighted by Gasteiger charge is -2.00. The van der Waals surface area contributed by atoms with E-state index in [0.717, 1.165) is 11.5 Å². The predicted molar refractivity (Wildman–Crippen MR) is 54.1 cm³/mol. The molecule has 0 aromatic carbocycles. The number of carbonyl (C=O) groups excluding carboxylic acids is 1. The fraction of sp³-hybridized carbons (Fsp3) is 0.111. The van der Waals surface area contributed by atoms with Crippen LogP contribution in [-0.4, -0.2) is 27.5 Å². The smallest absolute Gasteiger partial charge is 0.215 e. The van der Waals surface area contributed by atoms with E-state index in [1.807, 2.05) is 0 Å². The minimum absolute atomic E-state index is 0.199. The average molecular weight is 221 g/mol. The molecule has 0 saturated heterocycles. The van der Waals surface area contributed by atoms with E-state index < -0.39 is 0 Å². The van der Waals surface area contributed by atoms with Gasteiger partial charge in [0.25, 0.3) is 0 Å². The molecule has 0 atom stereocenters. The minimum Gasteiger partial charge on any atom is -0.495 e. The van der Waals surface area contributed by atoms with Gasteiger partial charge < -0.3 is 4.74 Å². The van der Waals surface area contributed by atoms with E-state index in [0.29, 0.717) is 17.0 Å². The van der Waals surface area contributed by atoms with Gasteiger partial charge in [0.2, 0.25) is 5.78 Å². The maximum Gasteiger partial charge on any atom is 0.215 e. The number of aromatic nitrogens is 3. The van der Waals surface area contributed by atoms with E-state index >= 15 is 0 Å². The van der Waals surface area contributed by atoms with Crippen LogP contribution in [0.3, 0.4) is 0 Å². The number of carbonyl (C=O) groups is 1. The molecule has 0 spiro atoms. The highest BCUT2D eigenvalue weighted by atomic mass is 32.1. The van der Waals surface area contributed by atoms with Crippen LogP contribution >= 0.6 is 11.5 Å². The molecule has 0 N–H and O–H groups in total. The lowest BCUT2D eigenvalue weighted by Crippen LogP contribution is -2.02. The third-order valence-electron chi connectivity index (χ3n) is 1.80. The Balaban J connectivity index is 2.34. The van der Waals surface area contributed by atoms with Gasteiger partial charge in [-0.3, -0.25) is 9.78 Å². The van der Waals surface area contributed by atoms with Gasteiger partial charge in [-0.2, -0.15) is 0 Å². The third-order valence-corrected chi connectivity index (χ3v) is 2.31. The molecule has 0 bridgehead atoms. The molecular formula is C9H7N3O2S. The van der Waals surface area contributed by atoms with Gasteiger partial charge in [-0.25, -0.2) is 0 Å². The molecule has 0 radical (unpaired) electrons. The van der Waals surface area contributed by atoms with Crippen LogP contribution in [0.15, 0.2) is 23.8 Å². The first-order valence-corrected chi connectivity index (χ1v) is 4.95. The Kier molecular flexibility index (Phi) is 2.68. The normalized spacial score (nSPS) is 9.93. The van der Waals surface area contributed by atoms with Gasteiger partial charge in [-0.05, 0) is 17.6 Å². The van der Waals surface area contributed by atoms with E-state index in [2.05, 4.69) is 14.6 Å². The maximum absolute atomic E-state index is 11.8. The van der Waals surface area contributed by atoms with Crippen LogP contribution in [0, 0.1) is 0 Å². The van der Waals surface area contributed by atoms with Gasteiger partial charge >= 0.3 is 0 Å². The van der Waals surface area contributed by atoms with E-state index in [-0.39, 0.29) is 5.78 Å². The summed E-state index contributed by atoms with van der Waals surface area (Å²) in [6.07, 6.45) is 3.01. The van der Waals surface area contributed by atoms with Crippen LogP contribution in [0.1, 0.15) is 16.1 Å². The third kappa shape index (κ3) is 1.99. The topological polar surface area (TPSA) is 65.0 Å². The summed E-state index contributed by atoms with van der Waals surface area (Å²) in [5.74, 6) is 0.346. The second kappa shape index (κ2) is 4.14. The molecule has 2 heterocycles. The van der Waals surface area contributed by atoms with Crippen molar-refractivity contribution in [2.75, 3.05) is 7.11 Å². The molecule has 15 heavy (non-hydrogen) atoms. The summed E-state index contributed by atoms with van der Waals surface area (Å²) in [5.41, 5.74) is 0.775. The first-order valence-electron chi connectivity index (χ1n) is 4.12. The SMILES string of the molecule is COc1cncc(C(=O)c2csnn2)c1. The highest BCUT2D eigenvalue weighted by Gasteiger charge is 2.12. The van der Waals surface area contributed by atoms with Crippen molar-refractivity contribution >= 4 is 17.3 Å². The standard InChI is InChI=1S/C9H7N3O2S/c1-14-7-2-6(3-10-4-7)9(13)8-5-15-12-11-8/h2-5H,1H3. The van der Waals surface area contributed by atoms with E-state index in [9.17, 15) is 4.79 Å². The monoisotopic (exact) mass is 221 g/mol. The van der Waals surface area contributed by atoms with Crippen LogP contribution in [0.2, 0.25) is 0 Å². The van der Waals surface area contributed by atoms with Gasteiger partial charge in [0.15, 0.2) is 0 Å². The zero-order valence-electron chi connectivity index (χ0n) is 7.88. The van der Waals surface area contributed by atoms with Gasteiger partial charge in [0.05, 0.1) is 13.3 Å². The Morgan fingerprint density at radius 3 is 3.00 bits per heavy atom. The number of hydrogen-bond donors (Lipinski definition) is 0. The summed E-state index contributed by atoms with van der Waals surface area (Å²) in [6, 6.07) is 1.62. The average Bonchev–Trinajstić information content (AvgIpc) is 2.81. The highest BCUT2D eigenvalue weighted by Crippen LogP contribution is 2.13. The largest absolute Gasteiger partial charge is 0.495 e. The molecule has 0 unspecified atom stereocenters. The molecule has 0 aliphatic heterocycles. The van der Waals surface area contributed by atoms with Gasteiger partial charge in [-0.1, -0.05) is 4.49 Å². The Morgan fingerprint density at radius 1 is 1.47 bits per heavy atom. The molecule has 2 aromatic heterocycles. The number of rotatable bonds is 3. The van der Waals surface area contributed by atoms with Crippen molar-refractivity contribution in [2.45, 2.75) is 0 Å². The summed E-state index contributed by atoms with van der Waals surface area (Å²) in [7, 11) is 1.52. The molecule has 0 aliphatic carbocycles. The molecule has 0 fully saturated rings. The predicted octanol–water partition coefficient (Wildman–Crippen LogP) is 1.17. The number of ketones is 1. The molecule has 0 saturated carbocycles. The second-order valence-electron chi connectivity index (χ2n) is 2.73. The molecule has 2 rings (SSSR count). The fourth-order valence-corrected chi connectivity index (χ4v) is 1.50. The summed E-state index contributed by atoms with van der Waals surface area (Å²) in [5, 5.41) is 5.30. The van der Waals surface area contributed by atoms with Crippen molar-refractivity contribution in [1.29, 1.82) is 0 Å². The molecule has 5 nitrogen and oxygen atoms in total. The van der Waals surface area contributed by atoms with Crippen LogP contribution in [0.5, 0.6) is 5.75 Å². The summed E-state index contributed by atoms with van der Waals surface area (Å²) < 4.78 is 8.60. The lowest BCUT2D eigenvalue weighted by atomic mass is 10.1. The molecule has 6 heteroatoms. The number of methoxy groups -OCH3 is 1. The van der Waals surface area contributed by atoms with Crippen LogP contribution in [0.25, 0.3) is 0 Å². The van der Waals surface area contributed by atoms with Crippen molar-refractivity contribution in [3.8, 4) is 5.75 Å². The molecular weight excluding hydrogens is 214 g/mol. The van der Waals surface area contributed by atoms with Gasteiger partial charge in [0.1, 0.15) is 11.4 Å². The molecule has 2 aromatic rings. The van der Waals surface area contributed by atoms with E-state index in [1.54, 1.807) is 11.4 Å². The van der Waals surface area contributed by atoms with Crippen molar-refractivity contribution in [3.05, 3.63) is 35.1 Å². The van der Waals surface area contributed by atoms with Crippen molar-refractivity contribution in [2.24, 2.45) is 0 Å². The van der Waals surface area contributed by atoms with Crippen molar-refractivity contribution in [3.63, 3.8) is 0 Å². The Hall–Kier alpha value is -1.82. The van der Waals surface area contributed by atoms with Gasteiger partial charge in [-0.15, -0.1) is 5.10 Å². The number of ether oxygens (including phenoxy) is 1. The Labute approximate surface area is 89.9 Å². The molecule has 0 amide bonds. The number of nitrogens with zero attached hydrogens (tertiary/aromatic N) is 3. The number of pyridine rings is 1. The highest BCUT2D eigenvalue weighted by molar-refractivity contribution is 7.03. The quantitative estimate of drug-likeness (QED) is 0.728. The zero-order valence-corrected chi connectivity index (χ0v) is 8.69. The van der Waals surface area contributed by atoms with Crippen LogP contribution in [-0.2, 0) is 0 Å². The van der Waals surface area contributed by atoms with Crippen LogP contribution < -0.4 is 4.74 Å². The first kappa shape index (κ1) is 9.72. The molecule has 0 aliphatic rings. The maximum atomic E-state index is 11.8. The van der Waals surface area contributed by atoms with Gasteiger partial charge in [0, 0.05) is 17.1 Å². The number of hydrogen-bond acceptors (Lipinski definition) is 6. The molecule has 76 valence electrons. The van der Waals surface area contributed by atoms with Crippen molar-refractivity contribution in [1.82, 2.24) is 14.6 Å². The van der Waals surface area contributed by atoms with Crippen LogP contribution in [0.4, 0.5) is 0 Å². The zero-order chi connectivity index (χ0) is 10.7. The van der Waals surface area contributed by atoms with Crippen molar-refractivity contribution < 1.29 is 9.53 Å². The minimum atomic E-state index is -0.199. The Bertz CT molecular complexity index is 470. The van der Waals surface area contributed by atoms with E-state index in [1.165, 1.54) is 19.5 Å². The fourth-order valence-electron chi connectivity index (χ4n) is 1.07. The second-order valence-corrected chi connectivity index (χ2v) is 3.34. The Morgan fingerprint density at radius 2 is 2.33 bits per heavy atom. The summed E-state index contributed by atoms with van der Waals surface area (Å²) >= 11 is 1.14. The first-order chi connectivity index (χ1) is 7.31. The summed E-state index contributed by atoms with van der Waals surface area (Å²) in [6.45, 7) is 0.